The van der Waals surface area contributed by atoms with Crippen LogP contribution in [-0.2, 0) is 11.3 Å². The molecule has 1 aliphatic carbocycles. The molecule has 2 N–H and O–H groups in total. The summed E-state index contributed by atoms with van der Waals surface area (Å²) in [6.07, 6.45) is 2.96. The van der Waals surface area contributed by atoms with Crippen LogP contribution >= 0.6 is 0 Å². The first-order chi connectivity index (χ1) is 9.61. The second-order valence-electron chi connectivity index (χ2n) is 5.58. The van der Waals surface area contributed by atoms with Crippen molar-refractivity contribution < 1.29 is 9.53 Å². The monoisotopic (exact) mass is 276 g/mol. The van der Waals surface area contributed by atoms with Crippen molar-refractivity contribution in [3.05, 3.63) is 29.8 Å². The van der Waals surface area contributed by atoms with Crippen LogP contribution in [0.4, 0.5) is 0 Å². The highest BCUT2D eigenvalue weighted by Crippen LogP contribution is 2.41. The molecule has 1 aromatic carbocycles. The standard InChI is InChI=1S/C16H24N2O2/c1-3-20-14-7-5-13(6-8-14)11-18(2)15(19)16(12-17)9-4-10-16/h5-8H,3-4,9-12,17H2,1-2H3. The molecule has 110 valence electrons. The van der Waals surface area contributed by atoms with E-state index in [-0.39, 0.29) is 11.3 Å². The highest BCUT2D eigenvalue weighted by atomic mass is 16.5. The van der Waals surface area contributed by atoms with Crippen LogP contribution in [0.3, 0.4) is 0 Å². The first kappa shape index (κ1) is 14.9. The number of ether oxygens (including phenoxy) is 1. The van der Waals surface area contributed by atoms with Gasteiger partial charge in [0.25, 0.3) is 0 Å². The zero-order valence-corrected chi connectivity index (χ0v) is 12.4. The molecule has 1 aliphatic rings. The summed E-state index contributed by atoms with van der Waals surface area (Å²) in [5.41, 5.74) is 6.61. The van der Waals surface area contributed by atoms with Crippen LogP contribution < -0.4 is 10.5 Å². The number of hydrogen-bond acceptors (Lipinski definition) is 3. The average Bonchev–Trinajstić information content (AvgIpc) is 2.40. The molecule has 1 amide bonds. The molecule has 2 rings (SSSR count). The molecule has 1 aromatic rings. The lowest BCUT2D eigenvalue weighted by atomic mass is 9.68. The molecule has 0 heterocycles. The number of carbonyl (C=O) groups excluding carboxylic acids is 1. The third-order valence-corrected chi connectivity index (χ3v) is 4.16. The maximum atomic E-state index is 12.5. The van der Waals surface area contributed by atoms with Crippen molar-refractivity contribution in [1.82, 2.24) is 4.90 Å². The first-order valence-electron chi connectivity index (χ1n) is 7.28. The Morgan fingerprint density at radius 3 is 2.45 bits per heavy atom. The smallest absolute Gasteiger partial charge is 0.230 e. The van der Waals surface area contributed by atoms with Crippen molar-refractivity contribution in [1.29, 1.82) is 0 Å². The normalized spacial score (nSPS) is 16.4. The fourth-order valence-corrected chi connectivity index (χ4v) is 2.72. The molecule has 0 spiro atoms. The minimum Gasteiger partial charge on any atom is -0.494 e. The Kier molecular flexibility index (Phi) is 4.65. The van der Waals surface area contributed by atoms with Gasteiger partial charge in [0.1, 0.15) is 5.75 Å². The summed E-state index contributed by atoms with van der Waals surface area (Å²) in [4.78, 5) is 14.3. The van der Waals surface area contributed by atoms with E-state index in [1.807, 2.05) is 38.2 Å². The fraction of sp³-hybridized carbons (Fsp3) is 0.562. The van der Waals surface area contributed by atoms with Gasteiger partial charge in [-0.3, -0.25) is 4.79 Å². The molecule has 1 fully saturated rings. The lowest BCUT2D eigenvalue weighted by molar-refractivity contribution is -0.145. The molecule has 0 radical (unpaired) electrons. The molecule has 4 nitrogen and oxygen atoms in total. The number of benzene rings is 1. The van der Waals surface area contributed by atoms with Crippen molar-refractivity contribution in [2.75, 3.05) is 20.2 Å². The van der Waals surface area contributed by atoms with E-state index >= 15 is 0 Å². The number of carbonyl (C=O) groups is 1. The Bertz CT molecular complexity index is 447. The van der Waals surface area contributed by atoms with Gasteiger partial charge in [-0.05, 0) is 37.5 Å². The first-order valence-corrected chi connectivity index (χ1v) is 7.28. The molecular weight excluding hydrogens is 252 g/mol. The molecule has 4 heteroatoms. The van der Waals surface area contributed by atoms with E-state index in [0.717, 1.165) is 30.6 Å². The van der Waals surface area contributed by atoms with Crippen LogP contribution in [0.2, 0.25) is 0 Å². The van der Waals surface area contributed by atoms with Crippen LogP contribution in [-0.4, -0.2) is 31.0 Å². The van der Waals surface area contributed by atoms with Gasteiger partial charge < -0.3 is 15.4 Å². The predicted molar refractivity (Wildman–Crippen MR) is 79.4 cm³/mol. The Morgan fingerprint density at radius 2 is 2.00 bits per heavy atom. The van der Waals surface area contributed by atoms with Gasteiger partial charge in [-0.25, -0.2) is 0 Å². The second-order valence-corrected chi connectivity index (χ2v) is 5.58. The molecule has 0 unspecified atom stereocenters. The van der Waals surface area contributed by atoms with Gasteiger partial charge in [-0.15, -0.1) is 0 Å². The van der Waals surface area contributed by atoms with Crippen LogP contribution in [0.1, 0.15) is 31.7 Å². The summed E-state index contributed by atoms with van der Waals surface area (Å²) in [5.74, 6) is 1.04. The summed E-state index contributed by atoms with van der Waals surface area (Å²) in [7, 11) is 1.86. The van der Waals surface area contributed by atoms with Crippen LogP contribution in [0, 0.1) is 5.41 Å². The number of hydrogen-bond donors (Lipinski definition) is 1. The maximum Gasteiger partial charge on any atom is 0.230 e. The lowest BCUT2D eigenvalue weighted by Gasteiger charge is -2.41. The topological polar surface area (TPSA) is 55.6 Å². The van der Waals surface area contributed by atoms with Crippen molar-refractivity contribution in [3.8, 4) is 5.75 Å². The quantitative estimate of drug-likeness (QED) is 0.866. The highest BCUT2D eigenvalue weighted by Gasteiger charge is 2.44. The lowest BCUT2D eigenvalue weighted by Crippen LogP contribution is -2.50. The summed E-state index contributed by atoms with van der Waals surface area (Å²) < 4.78 is 5.41. The molecule has 20 heavy (non-hydrogen) atoms. The van der Waals surface area contributed by atoms with Gasteiger partial charge in [-0.2, -0.15) is 0 Å². The van der Waals surface area contributed by atoms with Crippen molar-refractivity contribution in [3.63, 3.8) is 0 Å². The minimum absolute atomic E-state index is 0.181. The van der Waals surface area contributed by atoms with E-state index in [1.54, 1.807) is 4.90 Å². The van der Waals surface area contributed by atoms with Gasteiger partial charge in [0.2, 0.25) is 5.91 Å². The molecule has 1 saturated carbocycles. The van der Waals surface area contributed by atoms with Crippen molar-refractivity contribution in [2.45, 2.75) is 32.7 Å². The van der Waals surface area contributed by atoms with Crippen LogP contribution in [0.15, 0.2) is 24.3 Å². The number of nitrogens with two attached hydrogens (primary N) is 1. The second kappa shape index (κ2) is 6.27. The van der Waals surface area contributed by atoms with Gasteiger partial charge in [0, 0.05) is 20.1 Å². The number of nitrogens with zero attached hydrogens (tertiary/aromatic N) is 1. The third-order valence-electron chi connectivity index (χ3n) is 4.16. The van der Waals surface area contributed by atoms with Gasteiger partial charge in [-0.1, -0.05) is 18.6 Å². The minimum atomic E-state index is -0.292. The fourth-order valence-electron chi connectivity index (χ4n) is 2.72. The SMILES string of the molecule is CCOc1ccc(CN(C)C(=O)C2(CN)CCC2)cc1. The van der Waals surface area contributed by atoms with Gasteiger partial charge in [0.05, 0.1) is 12.0 Å². The third kappa shape index (κ3) is 2.96. The average molecular weight is 276 g/mol. The van der Waals surface area contributed by atoms with E-state index < -0.39 is 0 Å². The molecule has 0 atom stereocenters. The van der Waals surface area contributed by atoms with E-state index in [1.165, 1.54) is 0 Å². The number of amides is 1. The number of rotatable bonds is 6. The molecule has 0 saturated heterocycles. The van der Waals surface area contributed by atoms with Gasteiger partial charge >= 0.3 is 0 Å². The van der Waals surface area contributed by atoms with E-state index in [0.29, 0.717) is 19.7 Å². The molecule has 0 bridgehead atoms. The summed E-state index contributed by atoms with van der Waals surface area (Å²) >= 11 is 0. The largest absolute Gasteiger partial charge is 0.494 e. The Hall–Kier alpha value is -1.55. The molecule has 0 aliphatic heterocycles. The maximum absolute atomic E-state index is 12.5. The van der Waals surface area contributed by atoms with E-state index in [4.69, 9.17) is 10.5 Å². The zero-order chi connectivity index (χ0) is 14.6. The molecular formula is C16H24N2O2. The van der Waals surface area contributed by atoms with Crippen molar-refractivity contribution in [2.24, 2.45) is 11.1 Å². The van der Waals surface area contributed by atoms with E-state index in [2.05, 4.69) is 0 Å². The van der Waals surface area contributed by atoms with Crippen molar-refractivity contribution >= 4 is 5.91 Å². The highest BCUT2D eigenvalue weighted by molar-refractivity contribution is 5.83. The van der Waals surface area contributed by atoms with Crippen LogP contribution in [0.25, 0.3) is 0 Å². The zero-order valence-electron chi connectivity index (χ0n) is 12.4. The Morgan fingerprint density at radius 1 is 1.35 bits per heavy atom. The van der Waals surface area contributed by atoms with E-state index in [9.17, 15) is 4.79 Å². The molecule has 0 aromatic heterocycles. The predicted octanol–water partition coefficient (Wildman–Crippen LogP) is 2.17. The Balaban J connectivity index is 1.96. The summed E-state index contributed by atoms with van der Waals surface area (Å²) in [5, 5.41) is 0. The van der Waals surface area contributed by atoms with Gasteiger partial charge in [0.15, 0.2) is 0 Å². The summed E-state index contributed by atoms with van der Waals surface area (Å²) in [6.45, 7) is 3.70. The van der Waals surface area contributed by atoms with Crippen LogP contribution in [0.5, 0.6) is 5.75 Å². The Labute approximate surface area is 120 Å². The summed E-state index contributed by atoms with van der Waals surface area (Å²) in [6, 6.07) is 7.90.